The molecule has 0 N–H and O–H groups in total. The van der Waals surface area contributed by atoms with Crippen LogP contribution in [-0.2, 0) is 0 Å². The molecule has 0 aliphatic heterocycles. The van der Waals surface area contributed by atoms with Crippen LogP contribution in [0.25, 0.3) is 0 Å². The Morgan fingerprint density at radius 3 is 0.909 bits per heavy atom. The quantitative estimate of drug-likeness (QED) is 0.654. The van der Waals surface area contributed by atoms with Gasteiger partial charge in [-0.1, -0.05) is 0 Å². The van der Waals surface area contributed by atoms with E-state index in [1.807, 2.05) is 60.7 Å². The molecule has 0 spiro atoms. The van der Waals surface area contributed by atoms with Crippen molar-refractivity contribution in [3.63, 3.8) is 0 Å². The molecular weight excluding hydrogens is 277 g/mol. The van der Waals surface area contributed by atoms with Crippen molar-refractivity contribution in [3.8, 4) is 0 Å². The fourth-order valence-corrected chi connectivity index (χ4v) is 0.642. The third kappa shape index (κ3) is 6.42. The monoisotopic (exact) mass is 288 g/mol. The first-order chi connectivity index (χ1) is 5.00. The van der Waals surface area contributed by atoms with Crippen LogP contribution in [0.5, 0.6) is 0 Å². The van der Waals surface area contributed by atoms with Crippen molar-refractivity contribution in [1.29, 1.82) is 0 Å². The minimum atomic E-state index is 0. The molecule has 1 heteroatoms. The summed E-state index contributed by atoms with van der Waals surface area (Å²) in [7, 11) is 0. The molecule has 0 aliphatic rings. The molecule has 0 saturated carbocycles. The van der Waals surface area contributed by atoms with Crippen LogP contribution >= 0.6 is 0 Å². The van der Waals surface area contributed by atoms with E-state index in [0.717, 1.165) is 0 Å². The van der Waals surface area contributed by atoms with E-state index in [-0.39, 0.29) is 39.9 Å². The van der Waals surface area contributed by atoms with Gasteiger partial charge in [0, 0.05) is 0 Å². The average molecular weight is 287 g/mol. The molecule has 0 fully saturated rings. The van der Waals surface area contributed by atoms with Gasteiger partial charge in [0.15, 0.2) is 0 Å². The van der Waals surface area contributed by atoms with E-state index < -0.39 is 0 Å². The van der Waals surface area contributed by atoms with Gasteiger partial charge in [-0.05, 0) is 0 Å². The second-order valence-electron chi connectivity index (χ2n) is 1.92. The van der Waals surface area contributed by atoms with Crippen molar-refractivity contribution in [2.75, 3.05) is 0 Å². The molecule has 0 saturated heterocycles. The Hall–Kier alpha value is 0.0247. The van der Waals surface area contributed by atoms with Gasteiger partial charge in [-0.3, -0.25) is 0 Å². The van der Waals surface area contributed by atoms with E-state index in [1.54, 1.807) is 0 Å². The van der Waals surface area contributed by atoms with Crippen molar-refractivity contribution in [2.45, 2.75) is 0 Å². The zero-order valence-corrected chi connectivity index (χ0v) is 8.40. The van der Waals surface area contributed by atoms with E-state index in [9.17, 15) is 0 Å². The van der Waals surface area contributed by atoms with Crippen LogP contribution in [0, 0.1) is 39.9 Å². The minimum Gasteiger partial charge on any atom is -0.214 e. The standard InChI is InChI=1S/2C5H5.Gd/c2*1-2-4-5-3-1;/h2*1-5H;/q2*-1;+2. The van der Waals surface area contributed by atoms with Gasteiger partial charge in [0.1, 0.15) is 0 Å². The van der Waals surface area contributed by atoms with Crippen LogP contribution < -0.4 is 0 Å². The molecule has 11 heavy (non-hydrogen) atoms. The van der Waals surface area contributed by atoms with E-state index in [4.69, 9.17) is 0 Å². The van der Waals surface area contributed by atoms with Gasteiger partial charge in [-0.15, -0.1) is 0 Å². The van der Waals surface area contributed by atoms with Gasteiger partial charge in [0.05, 0.1) is 0 Å². The first-order valence-electron chi connectivity index (χ1n) is 3.33. The number of hydrogen-bond acceptors (Lipinski definition) is 0. The van der Waals surface area contributed by atoms with Gasteiger partial charge >= 0.3 is 39.9 Å². The van der Waals surface area contributed by atoms with Gasteiger partial charge in [-0.25, -0.2) is 24.3 Å². The van der Waals surface area contributed by atoms with E-state index in [0.29, 0.717) is 0 Å². The largest absolute Gasteiger partial charge is 2.00 e. The average Bonchev–Trinajstić information content (AvgIpc) is 2.67. The van der Waals surface area contributed by atoms with E-state index >= 15 is 0 Å². The summed E-state index contributed by atoms with van der Waals surface area (Å²) >= 11 is 0. The van der Waals surface area contributed by atoms with Crippen molar-refractivity contribution in [1.82, 2.24) is 0 Å². The minimum absolute atomic E-state index is 0. The second-order valence-corrected chi connectivity index (χ2v) is 1.92. The van der Waals surface area contributed by atoms with Gasteiger partial charge in [0.2, 0.25) is 0 Å². The molecule has 0 aromatic heterocycles. The molecule has 0 heterocycles. The molecule has 0 radical (unpaired) electrons. The fraction of sp³-hybridized carbons (Fsp3) is 0. The summed E-state index contributed by atoms with van der Waals surface area (Å²) in [5, 5.41) is 0. The van der Waals surface area contributed by atoms with Crippen LogP contribution in [0.2, 0.25) is 0 Å². The number of rotatable bonds is 0. The third-order valence-electron chi connectivity index (χ3n) is 1.11. The Morgan fingerprint density at radius 2 is 0.818 bits per heavy atom. The second kappa shape index (κ2) is 8.12. The molecule has 0 amide bonds. The maximum Gasteiger partial charge on any atom is 2.00 e. The van der Waals surface area contributed by atoms with E-state index in [2.05, 4.69) is 0 Å². The normalized spacial score (nSPS) is 7.27. The first kappa shape index (κ1) is 11.0. The molecule has 0 unspecified atom stereocenters. The summed E-state index contributed by atoms with van der Waals surface area (Å²) in [6.07, 6.45) is 0. The van der Waals surface area contributed by atoms with Gasteiger partial charge in [0.25, 0.3) is 0 Å². The van der Waals surface area contributed by atoms with Gasteiger partial charge < -0.3 is 0 Å². The zero-order chi connectivity index (χ0) is 7.07. The summed E-state index contributed by atoms with van der Waals surface area (Å²) in [6, 6.07) is 20.0. The van der Waals surface area contributed by atoms with Crippen LogP contribution in [-0.4, -0.2) is 0 Å². The van der Waals surface area contributed by atoms with Crippen molar-refractivity contribution >= 4 is 0 Å². The first-order valence-corrected chi connectivity index (χ1v) is 3.33. The van der Waals surface area contributed by atoms with Crippen molar-refractivity contribution in [3.05, 3.63) is 60.7 Å². The molecule has 58 valence electrons. The zero-order valence-electron chi connectivity index (χ0n) is 6.13. The molecule has 0 atom stereocenters. The third-order valence-corrected chi connectivity index (χ3v) is 1.11. The fourth-order valence-electron chi connectivity index (χ4n) is 0.642. The summed E-state index contributed by atoms with van der Waals surface area (Å²) in [5.41, 5.74) is 0. The van der Waals surface area contributed by atoms with Crippen molar-refractivity contribution in [2.24, 2.45) is 0 Å². The van der Waals surface area contributed by atoms with Crippen LogP contribution in [0.3, 0.4) is 0 Å². The maximum absolute atomic E-state index is 2.00. The Bertz CT molecular complexity index is 144. The maximum atomic E-state index is 2.00. The van der Waals surface area contributed by atoms with Gasteiger partial charge in [-0.2, -0.15) is 36.4 Å². The predicted molar refractivity (Wildman–Crippen MR) is 44.1 cm³/mol. The Balaban J connectivity index is 0.000000167. The SMILES string of the molecule is [Gd+2].c1cc[cH-]c1.c1cc[cH-]c1. The molecular formula is C10H10Gd. The Kier molecular flexibility index (Phi) is 8.14. The molecule has 2 aromatic rings. The van der Waals surface area contributed by atoms with Crippen LogP contribution in [0.4, 0.5) is 0 Å². The summed E-state index contributed by atoms with van der Waals surface area (Å²) in [6.45, 7) is 0. The molecule has 0 aliphatic carbocycles. The number of hydrogen-bond donors (Lipinski definition) is 0. The molecule has 2 aromatic carbocycles. The smallest absolute Gasteiger partial charge is 0.214 e. The summed E-state index contributed by atoms with van der Waals surface area (Å²) < 4.78 is 0. The Morgan fingerprint density at radius 1 is 0.545 bits per heavy atom. The van der Waals surface area contributed by atoms with E-state index in [1.165, 1.54) is 0 Å². The topological polar surface area (TPSA) is 0 Å². The summed E-state index contributed by atoms with van der Waals surface area (Å²) in [4.78, 5) is 0. The molecule has 0 bridgehead atoms. The predicted octanol–water partition coefficient (Wildman–Crippen LogP) is 2.81. The van der Waals surface area contributed by atoms with Crippen LogP contribution in [0.1, 0.15) is 0 Å². The molecule has 2 rings (SSSR count). The van der Waals surface area contributed by atoms with Crippen LogP contribution in [0.15, 0.2) is 60.7 Å². The summed E-state index contributed by atoms with van der Waals surface area (Å²) in [5.74, 6) is 0. The molecule has 0 nitrogen and oxygen atoms in total. The Labute approximate surface area is 99.7 Å². The van der Waals surface area contributed by atoms with Crippen molar-refractivity contribution < 1.29 is 39.9 Å².